The number of carboxylic acid groups (broad SMARTS) is 1. The molecule has 0 aromatic rings. The lowest BCUT2D eigenvalue weighted by Gasteiger charge is -2.12. The molecular formula is C6H9F2NO2. The Bertz CT molecular complexity index is 163. The highest BCUT2D eigenvalue weighted by molar-refractivity contribution is 5.71. The average Bonchev–Trinajstić information content (AvgIpc) is 2.32. The van der Waals surface area contributed by atoms with E-state index in [-0.39, 0.29) is 13.1 Å². The van der Waals surface area contributed by atoms with E-state index in [0.29, 0.717) is 0 Å². The van der Waals surface area contributed by atoms with E-state index in [0.717, 1.165) is 0 Å². The molecular weight excluding hydrogens is 156 g/mol. The standard InChI is InChI=1S/C6H9F2NO2/c7-5(8)3-1-9-2-4(3)6(10)11/h3-5,9H,1-2H2,(H,10,11)/t3-,4+/m0/s1. The van der Waals surface area contributed by atoms with E-state index in [1.54, 1.807) is 0 Å². The third-order valence-corrected chi connectivity index (χ3v) is 1.90. The molecule has 0 aromatic carbocycles. The van der Waals surface area contributed by atoms with Crippen LogP contribution in [-0.4, -0.2) is 30.6 Å². The van der Waals surface area contributed by atoms with Crippen molar-refractivity contribution in [2.75, 3.05) is 13.1 Å². The van der Waals surface area contributed by atoms with Crippen molar-refractivity contribution in [1.29, 1.82) is 0 Å². The molecule has 1 saturated heterocycles. The molecule has 1 aliphatic heterocycles. The van der Waals surface area contributed by atoms with Gasteiger partial charge in [-0.3, -0.25) is 4.79 Å². The lowest BCUT2D eigenvalue weighted by atomic mass is 9.97. The first kappa shape index (κ1) is 8.39. The fraction of sp³-hybridized carbons (Fsp3) is 0.833. The minimum Gasteiger partial charge on any atom is -0.481 e. The van der Waals surface area contributed by atoms with Gasteiger partial charge in [0.25, 0.3) is 0 Å². The van der Waals surface area contributed by atoms with E-state index in [1.807, 2.05) is 0 Å². The van der Waals surface area contributed by atoms with Crippen molar-refractivity contribution >= 4 is 5.97 Å². The molecule has 0 aromatic heterocycles. The summed E-state index contributed by atoms with van der Waals surface area (Å²) < 4.78 is 24.1. The van der Waals surface area contributed by atoms with Crippen molar-refractivity contribution in [2.45, 2.75) is 6.43 Å². The van der Waals surface area contributed by atoms with E-state index < -0.39 is 24.2 Å². The lowest BCUT2D eigenvalue weighted by Crippen LogP contribution is -2.27. The Kier molecular flexibility index (Phi) is 2.38. The summed E-state index contributed by atoms with van der Waals surface area (Å²) in [5.41, 5.74) is 0. The van der Waals surface area contributed by atoms with Crippen LogP contribution in [0.15, 0.2) is 0 Å². The Balaban J connectivity index is 2.58. The topological polar surface area (TPSA) is 49.3 Å². The fourth-order valence-corrected chi connectivity index (χ4v) is 1.23. The molecule has 2 N–H and O–H groups in total. The molecule has 0 saturated carbocycles. The minimum atomic E-state index is -2.54. The van der Waals surface area contributed by atoms with Crippen LogP contribution in [0, 0.1) is 11.8 Å². The van der Waals surface area contributed by atoms with Gasteiger partial charge in [-0.1, -0.05) is 0 Å². The van der Waals surface area contributed by atoms with Crippen LogP contribution in [0.1, 0.15) is 0 Å². The van der Waals surface area contributed by atoms with Crippen molar-refractivity contribution in [3.8, 4) is 0 Å². The molecule has 0 radical (unpaired) electrons. The molecule has 0 unspecified atom stereocenters. The van der Waals surface area contributed by atoms with Gasteiger partial charge >= 0.3 is 5.97 Å². The van der Waals surface area contributed by atoms with Gasteiger partial charge in [-0.15, -0.1) is 0 Å². The molecule has 5 heteroatoms. The Morgan fingerprint density at radius 3 is 2.55 bits per heavy atom. The molecule has 2 atom stereocenters. The Morgan fingerprint density at radius 2 is 2.18 bits per heavy atom. The highest BCUT2D eigenvalue weighted by Gasteiger charge is 2.38. The predicted octanol–water partition coefficient (Wildman–Crippen LogP) is 0.172. The zero-order valence-electron chi connectivity index (χ0n) is 5.76. The van der Waals surface area contributed by atoms with Crippen molar-refractivity contribution in [3.63, 3.8) is 0 Å². The first-order valence-electron chi connectivity index (χ1n) is 3.34. The van der Waals surface area contributed by atoms with Crippen molar-refractivity contribution in [2.24, 2.45) is 11.8 Å². The third-order valence-electron chi connectivity index (χ3n) is 1.90. The Labute approximate surface area is 62.4 Å². The van der Waals surface area contributed by atoms with E-state index in [1.165, 1.54) is 0 Å². The molecule has 1 fully saturated rings. The van der Waals surface area contributed by atoms with E-state index in [2.05, 4.69) is 5.32 Å². The second-order valence-electron chi connectivity index (χ2n) is 2.60. The summed E-state index contributed by atoms with van der Waals surface area (Å²) in [4.78, 5) is 10.3. The summed E-state index contributed by atoms with van der Waals surface area (Å²) >= 11 is 0. The minimum absolute atomic E-state index is 0.106. The summed E-state index contributed by atoms with van der Waals surface area (Å²) in [5.74, 6) is -3.08. The molecule has 1 rings (SSSR count). The second-order valence-corrected chi connectivity index (χ2v) is 2.60. The molecule has 3 nitrogen and oxygen atoms in total. The Hall–Kier alpha value is -0.710. The number of carboxylic acids is 1. The monoisotopic (exact) mass is 165 g/mol. The van der Waals surface area contributed by atoms with Gasteiger partial charge in [-0.05, 0) is 0 Å². The number of hydrogen-bond acceptors (Lipinski definition) is 2. The van der Waals surface area contributed by atoms with E-state index in [9.17, 15) is 13.6 Å². The fourth-order valence-electron chi connectivity index (χ4n) is 1.23. The van der Waals surface area contributed by atoms with Crippen LogP contribution >= 0.6 is 0 Å². The van der Waals surface area contributed by atoms with Crippen LogP contribution in [0.2, 0.25) is 0 Å². The van der Waals surface area contributed by atoms with Gasteiger partial charge in [-0.2, -0.15) is 0 Å². The number of alkyl halides is 2. The molecule has 1 aliphatic rings. The zero-order valence-corrected chi connectivity index (χ0v) is 5.76. The number of rotatable bonds is 2. The van der Waals surface area contributed by atoms with Crippen LogP contribution in [0.4, 0.5) is 8.78 Å². The first-order chi connectivity index (χ1) is 5.13. The number of nitrogens with one attached hydrogen (secondary N) is 1. The van der Waals surface area contributed by atoms with Crippen molar-refractivity contribution in [3.05, 3.63) is 0 Å². The lowest BCUT2D eigenvalue weighted by molar-refractivity contribution is -0.144. The number of hydrogen-bond donors (Lipinski definition) is 2. The smallest absolute Gasteiger partial charge is 0.308 e. The molecule has 64 valence electrons. The van der Waals surface area contributed by atoms with Gasteiger partial charge in [0.1, 0.15) is 0 Å². The van der Waals surface area contributed by atoms with E-state index >= 15 is 0 Å². The average molecular weight is 165 g/mol. The van der Waals surface area contributed by atoms with Crippen LogP contribution in [-0.2, 0) is 4.79 Å². The van der Waals surface area contributed by atoms with E-state index in [4.69, 9.17) is 5.11 Å². The molecule has 0 spiro atoms. The largest absolute Gasteiger partial charge is 0.481 e. The summed E-state index contributed by atoms with van der Waals surface area (Å²) in [5, 5.41) is 11.1. The molecule has 0 bridgehead atoms. The SMILES string of the molecule is O=C(O)[C@@H]1CNC[C@@H]1C(F)F. The summed E-state index contributed by atoms with van der Waals surface area (Å²) in [6, 6.07) is 0. The number of carbonyl (C=O) groups is 1. The highest BCUT2D eigenvalue weighted by atomic mass is 19.3. The van der Waals surface area contributed by atoms with Gasteiger partial charge in [0, 0.05) is 19.0 Å². The van der Waals surface area contributed by atoms with Crippen molar-refractivity contribution in [1.82, 2.24) is 5.32 Å². The predicted molar refractivity (Wildman–Crippen MR) is 33.5 cm³/mol. The molecule has 0 aliphatic carbocycles. The van der Waals surface area contributed by atoms with Gasteiger partial charge in [0.05, 0.1) is 5.92 Å². The van der Waals surface area contributed by atoms with Crippen LogP contribution in [0.3, 0.4) is 0 Å². The zero-order chi connectivity index (χ0) is 8.43. The number of aliphatic carboxylic acids is 1. The van der Waals surface area contributed by atoms with Gasteiger partial charge in [0.2, 0.25) is 6.43 Å². The second kappa shape index (κ2) is 3.13. The first-order valence-corrected chi connectivity index (χ1v) is 3.34. The maximum absolute atomic E-state index is 12.0. The Morgan fingerprint density at radius 1 is 1.55 bits per heavy atom. The van der Waals surface area contributed by atoms with Gasteiger partial charge in [0.15, 0.2) is 0 Å². The molecule has 11 heavy (non-hydrogen) atoms. The van der Waals surface area contributed by atoms with Gasteiger partial charge < -0.3 is 10.4 Å². The maximum Gasteiger partial charge on any atom is 0.308 e. The van der Waals surface area contributed by atoms with Crippen molar-refractivity contribution < 1.29 is 18.7 Å². The maximum atomic E-state index is 12.0. The quantitative estimate of drug-likeness (QED) is 0.613. The third kappa shape index (κ3) is 1.65. The number of halogens is 2. The van der Waals surface area contributed by atoms with Gasteiger partial charge in [-0.25, -0.2) is 8.78 Å². The normalized spacial score (nSPS) is 31.2. The van der Waals surface area contributed by atoms with Crippen LogP contribution in [0.5, 0.6) is 0 Å². The summed E-state index contributed by atoms with van der Waals surface area (Å²) in [6.45, 7) is 0.263. The van der Waals surface area contributed by atoms with Crippen LogP contribution in [0.25, 0.3) is 0 Å². The van der Waals surface area contributed by atoms with Crippen LogP contribution < -0.4 is 5.32 Å². The highest BCUT2D eigenvalue weighted by Crippen LogP contribution is 2.23. The summed E-state index contributed by atoms with van der Waals surface area (Å²) in [7, 11) is 0. The molecule has 0 amide bonds. The molecule has 1 heterocycles. The summed E-state index contributed by atoms with van der Waals surface area (Å²) in [6.07, 6.45) is -2.54.